The molecular weight excluding hydrogens is 385 g/mol. The Kier molecular flexibility index (Phi) is 6.67. The molecular formula is C17H17F3N2O4S. The predicted octanol–water partition coefficient (Wildman–Crippen LogP) is 2.77. The fourth-order valence-electron chi connectivity index (χ4n) is 2.25. The van der Waals surface area contributed by atoms with Gasteiger partial charge in [0, 0.05) is 6.54 Å². The lowest BCUT2D eigenvalue weighted by atomic mass is 10.1. The van der Waals surface area contributed by atoms with Crippen LogP contribution in [0.3, 0.4) is 0 Å². The highest BCUT2D eigenvalue weighted by Gasteiger charge is 2.15. The summed E-state index contributed by atoms with van der Waals surface area (Å²) in [4.78, 5) is 12.3. The van der Waals surface area contributed by atoms with E-state index in [-0.39, 0.29) is 23.5 Å². The number of rotatable bonds is 8. The molecule has 2 aromatic rings. The molecule has 0 aliphatic carbocycles. The third-order valence-corrected chi connectivity index (χ3v) is 3.96. The Morgan fingerprint density at radius 2 is 1.81 bits per heavy atom. The highest BCUT2D eigenvalue weighted by Crippen LogP contribution is 2.18. The van der Waals surface area contributed by atoms with E-state index in [4.69, 9.17) is 0 Å². The van der Waals surface area contributed by atoms with Crippen LogP contribution in [0.2, 0.25) is 0 Å². The average molecular weight is 402 g/mol. The summed E-state index contributed by atoms with van der Waals surface area (Å²) in [5.41, 5.74) is 0.566. The molecule has 27 heavy (non-hydrogen) atoms. The second-order valence-electron chi connectivity index (χ2n) is 5.59. The highest BCUT2D eigenvalue weighted by molar-refractivity contribution is 7.92. The van der Waals surface area contributed by atoms with Gasteiger partial charge in [-0.05, 0) is 42.3 Å². The first kappa shape index (κ1) is 20.6. The number of hydrogen-bond donors (Lipinski definition) is 2. The van der Waals surface area contributed by atoms with E-state index in [0.717, 1.165) is 30.0 Å². The van der Waals surface area contributed by atoms with Crippen LogP contribution in [0.5, 0.6) is 5.75 Å². The van der Waals surface area contributed by atoms with Crippen molar-refractivity contribution in [3.63, 3.8) is 0 Å². The van der Waals surface area contributed by atoms with E-state index < -0.39 is 28.4 Å². The number of alkyl halides is 2. The van der Waals surface area contributed by atoms with Crippen LogP contribution < -0.4 is 14.8 Å². The Hall–Kier alpha value is -2.75. The zero-order valence-corrected chi connectivity index (χ0v) is 15.0. The first-order valence-electron chi connectivity index (χ1n) is 7.73. The number of halogens is 3. The van der Waals surface area contributed by atoms with Gasteiger partial charge in [-0.2, -0.15) is 8.78 Å². The second kappa shape index (κ2) is 8.76. The lowest BCUT2D eigenvalue weighted by Crippen LogP contribution is -2.27. The molecule has 0 radical (unpaired) electrons. The monoisotopic (exact) mass is 402 g/mol. The van der Waals surface area contributed by atoms with Gasteiger partial charge in [-0.25, -0.2) is 12.8 Å². The molecule has 0 saturated carbocycles. The van der Waals surface area contributed by atoms with Gasteiger partial charge in [-0.3, -0.25) is 9.52 Å². The third kappa shape index (κ3) is 6.81. The van der Waals surface area contributed by atoms with Crippen LogP contribution in [-0.2, 0) is 16.4 Å². The van der Waals surface area contributed by atoms with Gasteiger partial charge < -0.3 is 10.1 Å². The van der Waals surface area contributed by atoms with E-state index in [1.54, 1.807) is 12.1 Å². The summed E-state index contributed by atoms with van der Waals surface area (Å²) >= 11 is 0. The second-order valence-corrected chi connectivity index (χ2v) is 7.34. The first-order valence-corrected chi connectivity index (χ1v) is 9.62. The third-order valence-electron chi connectivity index (χ3n) is 3.37. The van der Waals surface area contributed by atoms with E-state index in [9.17, 15) is 26.4 Å². The minimum atomic E-state index is -3.64. The number of carbonyl (C=O) groups excluding carboxylic acids is 1. The number of ether oxygens (including phenoxy) is 1. The maximum atomic E-state index is 13.4. The molecule has 0 saturated heterocycles. The van der Waals surface area contributed by atoms with Crippen molar-refractivity contribution in [3.05, 3.63) is 59.4 Å². The van der Waals surface area contributed by atoms with Crippen molar-refractivity contribution in [3.8, 4) is 5.75 Å². The number of amides is 1. The summed E-state index contributed by atoms with van der Waals surface area (Å²) in [5, 5.41) is 2.56. The Bertz CT molecular complexity index is 903. The normalized spacial score (nSPS) is 11.3. The maximum Gasteiger partial charge on any atom is 0.387 e. The van der Waals surface area contributed by atoms with Crippen molar-refractivity contribution < 1.29 is 31.1 Å². The molecule has 0 unspecified atom stereocenters. The molecule has 146 valence electrons. The van der Waals surface area contributed by atoms with E-state index in [1.807, 2.05) is 0 Å². The number of carbonyl (C=O) groups is 1. The van der Waals surface area contributed by atoms with Gasteiger partial charge in [-0.1, -0.05) is 12.1 Å². The average Bonchev–Trinajstić information content (AvgIpc) is 2.56. The van der Waals surface area contributed by atoms with Crippen molar-refractivity contribution in [2.45, 2.75) is 13.0 Å². The molecule has 2 rings (SSSR count). The molecule has 2 N–H and O–H groups in total. The van der Waals surface area contributed by atoms with Crippen molar-refractivity contribution in [2.75, 3.05) is 17.5 Å². The summed E-state index contributed by atoms with van der Waals surface area (Å²) in [7, 11) is -3.64. The van der Waals surface area contributed by atoms with E-state index in [1.165, 1.54) is 12.1 Å². The van der Waals surface area contributed by atoms with Gasteiger partial charge in [0.15, 0.2) is 0 Å². The zero-order chi connectivity index (χ0) is 20.0. The van der Waals surface area contributed by atoms with E-state index >= 15 is 0 Å². The summed E-state index contributed by atoms with van der Waals surface area (Å²) in [6.45, 7) is -2.74. The lowest BCUT2D eigenvalue weighted by Gasteiger charge is -2.11. The summed E-state index contributed by atoms with van der Waals surface area (Å²) < 4.78 is 66.7. The van der Waals surface area contributed by atoms with Crippen LogP contribution in [-0.4, -0.2) is 33.7 Å². The standard InChI is InChI=1S/C17H17F3N2O4S/c1-27(24,25)22-15-7-4-12(18)10-14(15)16(23)21-9-8-11-2-5-13(6-3-11)26-17(19)20/h2-7,10,17,22H,8-9H2,1H3,(H,21,23). The van der Waals surface area contributed by atoms with Crippen LogP contribution in [0.1, 0.15) is 15.9 Å². The molecule has 0 spiro atoms. The SMILES string of the molecule is CS(=O)(=O)Nc1ccc(F)cc1C(=O)NCCc1ccc(OC(F)F)cc1. The summed E-state index contributed by atoms with van der Waals surface area (Å²) in [6, 6.07) is 9.03. The number of hydrogen-bond acceptors (Lipinski definition) is 4. The predicted molar refractivity (Wildman–Crippen MR) is 94.0 cm³/mol. The Morgan fingerprint density at radius 3 is 2.41 bits per heavy atom. The summed E-state index contributed by atoms with van der Waals surface area (Å²) in [5.74, 6) is -1.32. The van der Waals surface area contributed by atoms with Crippen molar-refractivity contribution in [2.24, 2.45) is 0 Å². The minimum absolute atomic E-state index is 0.0223. The zero-order valence-electron chi connectivity index (χ0n) is 14.2. The Labute approximate surface area is 154 Å². The molecule has 1 amide bonds. The van der Waals surface area contributed by atoms with Gasteiger partial charge in [-0.15, -0.1) is 0 Å². The number of benzene rings is 2. The van der Waals surface area contributed by atoms with Crippen molar-refractivity contribution in [1.29, 1.82) is 0 Å². The Morgan fingerprint density at radius 1 is 1.15 bits per heavy atom. The molecule has 0 atom stereocenters. The molecule has 0 bridgehead atoms. The molecule has 0 aliphatic rings. The lowest BCUT2D eigenvalue weighted by molar-refractivity contribution is -0.0498. The van der Waals surface area contributed by atoms with Crippen LogP contribution in [0.25, 0.3) is 0 Å². The van der Waals surface area contributed by atoms with Gasteiger partial charge in [0.1, 0.15) is 11.6 Å². The molecule has 0 aliphatic heterocycles. The largest absolute Gasteiger partial charge is 0.435 e. The molecule has 0 aromatic heterocycles. The fourth-order valence-corrected chi connectivity index (χ4v) is 2.82. The quantitative estimate of drug-likeness (QED) is 0.711. The number of anilines is 1. The van der Waals surface area contributed by atoms with Crippen LogP contribution >= 0.6 is 0 Å². The van der Waals surface area contributed by atoms with Gasteiger partial charge >= 0.3 is 6.61 Å². The summed E-state index contributed by atoms with van der Waals surface area (Å²) in [6.07, 6.45) is 1.30. The molecule has 0 heterocycles. The van der Waals surface area contributed by atoms with E-state index in [2.05, 4.69) is 14.8 Å². The van der Waals surface area contributed by atoms with Crippen LogP contribution in [0.15, 0.2) is 42.5 Å². The highest BCUT2D eigenvalue weighted by atomic mass is 32.2. The minimum Gasteiger partial charge on any atom is -0.435 e. The smallest absolute Gasteiger partial charge is 0.387 e. The topological polar surface area (TPSA) is 84.5 Å². The molecule has 6 nitrogen and oxygen atoms in total. The van der Waals surface area contributed by atoms with Gasteiger partial charge in [0.25, 0.3) is 5.91 Å². The van der Waals surface area contributed by atoms with Gasteiger partial charge in [0.05, 0.1) is 17.5 Å². The van der Waals surface area contributed by atoms with Gasteiger partial charge in [0.2, 0.25) is 10.0 Å². The molecule has 10 heteroatoms. The van der Waals surface area contributed by atoms with E-state index in [0.29, 0.717) is 6.42 Å². The first-order chi connectivity index (χ1) is 12.6. The maximum absolute atomic E-state index is 13.4. The Balaban J connectivity index is 1.98. The number of sulfonamides is 1. The van der Waals surface area contributed by atoms with Crippen molar-refractivity contribution >= 4 is 21.6 Å². The molecule has 0 fully saturated rings. The van der Waals surface area contributed by atoms with Crippen LogP contribution in [0.4, 0.5) is 18.9 Å². The molecule has 2 aromatic carbocycles. The van der Waals surface area contributed by atoms with Crippen molar-refractivity contribution in [1.82, 2.24) is 5.32 Å². The fraction of sp³-hybridized carbons (Fsp3) is 0.235. The number of nitrogens with one attached hydrogen (secondary N) is 2. The van der Waals surface area contributed by atoms with Crippen LogP contribution in [0, 0.1) is 5.82 Å².